The fourth-order valence-electron chi connectivity index (χ4n) is 7.49. The summed E-state index contributed by atoms with van der Waals surface area (Å²) in [7, 11) is 0. The summed E-state index contributed by atoms with van der Waals surface area (Å²) in [5.74, 6) is -0.0731. The van der Waals surface area contributed by atoms with Crippen LogP contribution in [0.3, 0.4) is 0 Å². The highest BCUT2D eigenvalue weighted by atomic mass is 16.5. The number of aliphatic hydroxyl groups excluding tert-OH is 2. The van der Waals surface area contributed by atoms with E-state index in [1.54, 1.807) is 0 Å². The number of nitrogens with one attached hydrogen (secondary N) is 1. The molecule has 2 atom stereocenters. The van der Waals surface area contributed by atoms with Crippen LogP contribution in [0.4, 0.5) is 0 Å². The van der Waals surface area contributed by atoms with E-state index in [-0.39, 0.29) is 18.5 Å². The number of carbonyl (C=O) groups excluding carboxylic acids is 2. The van der Waals surface area contributed by atoms with Crippen LogP contribution in [-0.4, -0.2) is 47.4 Å². The molecule has 0 aromatic rings. The van der Waals surface area contributed by atoms with Crippen molar-refractivity contribution in [2.75, 3.05) is 13.2 Å². The maximum atomic E-state index is 12.4. The van der Waals surface area contributed by atoms with Gasteiger partial charge in [-0.3, -0.25) is 9.59 Å². The van der Waals surface area contributed by atoms with E-state index in [0.29, 0.717) is 25.9 Å². The van der Waals surface area contributed by atoms with E-state index >= 15 is 0 Å². The quantitative estimate of drug-likeness (QED) is 0.0323. The molecule has 0 spiro atoms. The molecule has 0 heterocycles. The molecule has 2 unspecified atom stereocenters. The van der Waals surface area contributed by atoms with Crippen molar-refractivity contribution in [1.82, 2.24) is 5.32 Å². The van der Waals surface area contributed by atoms with Gasteiger partial charge in [-0.15, -0.1) is 0 Å². The van der Waals surface area contributed by atoms with E-state index < -0.39 is 12.1 Å². The van der Waals surface area contributed by atoms with Crippen molar-refractivity contribution in [3.63, 3.8) is 0 Å². The standard InChI is InChI=1S/C52H97NO5/c1-3-5-7-9-11-13-15-21-26-30-34-38-42-46-52(57)58-47-43-39-35-31-27-23-20-18-17-19-22-25-29-33-37-41-45-51(56)53-49(48-54)50(55)44-40-36-32-28-24-16-14-12-10-8-6-4-2/h7,9,13,15,17,19,49-50,54-55H,3-6,8,10-12,14,16,18,20-48H2,1-2H3,(H,53,56)/b9-7-,15-13-,19-17-. The van der Waals surface area contributed by atoms with E-state index in [4.69, 9.17) is 4.74 Å². The van der Waals surface area contributed by atoms with Crippen LogP contribution in [0.15, 0.2) is 36.5 Å². The molecule has 6 heteroatoms. The van der Waals surface area contributed by atoms with Crippen LogP contribution >= 0.6 is 0 Å². The van der Waals surface area contributed by atoms with Gasteiger partial charge >= 0.3 is 5.97 Å². The predicted molar refractivity (Wildman–Crippen MR) is 250 cm³/mol. The first-order chi connectivity index (χ1) is 28.5. The van der Waals surface area contributed by atoms with E-state index in [9.17, 15) is 19.8 Å². The second kappa shape index (κ2) is 47.8. The van der Waals surface area contributed by atoms with Crippen molar-refractivity contribution in [3.8, 4) is 0 Å². The summed E-state index contributed by atoms with van der Waals surface area (Å²) in [4.78, 5) is 24.4. The molecule has 3 N–H and O–H groups in total. The van der Waals surface area contributed by atoms with Gasteiger partial charge in [-0.05, 0) is 77.0 Å². The summed E-state index contributed by atoms with van der Waals surface area (Å²) in [5, 5.41) is 23.1. The van der Waals surface area contributed by atoms with Crippen molar-refractivity contribution in [2.45, 2.75) is 270 Å². The summed E-state index contributed by atoms with van der Waals surface area (Å²) < 4.78 is 5.44. The molecule has 0 aromatic carbocycles. The van der Waals surface area contributed by atoms with Crippen molar-refractivity contribution in [3.05, 3.63) is 36.5 Å². The molecule has 0 aliphatic heterocycles. The number of aliphatic hydroxyl groups is 2. The first-order valence-corrected chi connectivity index (χ1v) is 25.2. The summed E-state index contributed by atoms with van der Waals surface area (Å²) in [6, 6.07) is -0.553. The second-order valence-electron chi connectivity index (χ2n) is 17.1. The Balaban J connectivity index is 3.48. The van der Waals surface area contributed by atoms with Crippen LogP contribution in [0.5, 0.6) is 0 Å². The Bertz CT molecular complexity index is 946. The fraction of sp³-hybridized carbons (Fsp3) is 0.846. The van der Waals surface area contributed by atoms with Crippen molar-refractivity contribution in [1.29, 1.82) is 0 Å². The second-order valence-corrected chi connectivity index (χ2v) is 17.1. The first-order valence-electron chi connectivity index (χ1n) is 25.2. The number of rotatable bonds is 46. The van der Waals surface area contributed by atoms with Crippen LogP contribution in [0.2, 0.25) is 0 Å². The lowest BCUT2D eigenvalue weighted by Gasteiger charge is -2.22. The van der Waals surface area contributed by atoms with Crippen molar-refractivity contribution >= 4 is 11.9 Å². The van der Waals surface area contributed by atoms with Crippen LogP contribution in [0, 0.1) is 0 Å². The number of allylic oxidation sites excluding steroid dienone is 6. The molecule has 0 saturated carbocycles. The molecule has 0 aliphatic rings. The summed E-state index contributed by atoms with van der Waals surface area (Å²) in [5.41, 5.74) is 0. The molecule has 58 heavy (non-hydrogen) atoms. The number of esters is 1. The molecule has 0 aromatic heterocycles. The van der Waals surface area contributed by atoms with Crippen LogP contribution < -0.4 is 5.32 Å². The molecule has 0 aliphatic carbocycles. The fourth-order valence-corrected chi connectivity index (χ4v) is 7.49. The van der Waals surface area contributed by atoms with Gasteiger partial charge in [0.25, 0.3) is 0 Å². The highest BCUT2D eigenvalue weighted by Gasteiger charge is 2.20. The highest BCUT2D eigenvalue weighted by Crippen LogP contribution is 2.15. The summed E-state index contributed by atoms with van der Waals surface area (Å²) in [6.07, 6.45) is 56.8. The van der Waals surface area contributed by atoms with Gasteiger partial charge in [0, 0.05) is 12.8 Å². The lowest BCUT2D eigenvalue weighted by Crippen LogP contribution is -2.45. The van der Waals surface area contributed by atoms with E-state index in [0.717, 1.165) is 77.0 Å². The van der Waals surface area contributed by atoms with Gasteiger partial charge in [0.05, 0.1) is 25.4 Å². The third-order valence-corrected chi connectivity index (χ3v) is 11.4. The lowest BCUT2D eigenvalue weighted by molar-refractivity contribution is -0.143. The zero-order valence-electron chi connectivity index (χ0n) is 38.5. The smallest absolute Gasteiger partial charge is 0.305 e. The third-order valence-electron chi connectivity index (χ3n) is 11.4. The number of unbranched alkanes of at least 4 members (excludes halogenated alkanes) is 29. The zero-order chi connectivity index (χ0) is 42.3. The van der Waals surface area contributed by atoms with Crippen LogP contribution in [-0.2, 0) is 14.3 Å². The normalized spacial score (nSPS) is 13.0. The Kier molecular flexibility index (Phi) is 46.2. The molecule has 340 valence electrons. The Morgan fingerprint density at radius 2 is 0.897 bits per heavy atom. The molecule has 0 bridgehead atoms. The maximum Gasteiger partial charge on any atom is 0.305 e. The summed E-state index contributed by atoms with van der Waals surface area (Å²) in [6.45, 7) is 4.84. The van der Waals surface area contributed by atoms with Crippen LogP contribution in [0.1, 0.15) is 258 Å². The number of ether oxygens (including phenoxy) is 1. The molecule has 1 amide bonds. The van der Waals surface area contributed by atoms with Gasteiger partial charge in [-0.1, -0.05) is 204 Å². The van der Waals surface area contributed by atoms with Gasteiger partial charge in [0.2, 0.25) is 5.91 Å². The van der Waals surface area contributed by atoms with E-state index in [2.05, 4.69) is 55.6 Å². The van der Waals surface area contributed by atoms with Crippen molar-refractivity contribution in [2.24, 2.45) is 0 Å². The average molecular weight is 816 g/mol. The SMILES string of the molecule is CCC/C=C\C/C=C\CCCCCCCC(=O)OCCCCCCCCC/C=C\CCCCCCCC(=O)NC(CO)C(O)CCCCCCCCCCCCCC. The monoisotopic (exact) mass is 816 g/mol. The van der Waals surface area contributed by atoms with Crippen LogP contribution in [0.25, 0.3) is 0 Å². The number of carbonyl (C=O) groups is 2. The Morgan fingerprint density at radius 1 is 0.483 bits per heavy atom. The minimum Gasteiger partial charge on any atom is -0.466 e. The zero-order valence-corrected chi connectivity index (χ0v) is 38.5. The molecule has 0 saturated heterocycles. The largest absolute Gasteiger partial charge is 0.466 e. The molecular weight excluding hydrogens is 719 g/mol. The minimum absolute atomic E-state index is 0.0189. The van der Waals surface area contributed by atoms with Gasteiger partial charge in [0.15, 0.2) is 0 Å². The lowest BCUT2D eigenvalue weighted by atomic mass is 10.0. The molecule has 6 nitrogen and oxygen atoms in total. The number of amides is 1. The minimum atomic E-state index is -0.674. The Labute approximate surface area is 360 Å². The van der Waals surface area contributed by atoms with Gasteiger partial charge in [-0.25, -0.2) is 0 Å². The molecule has 0 rings (SSSR count). The predicted octanol–water partition coefficient (Wildman–Crippen LogP) is 14.9. The van der Waals surface area contributed by atoms with Gasteiger partial charge in [-0.2, -0.15) is 0 Å². The van der Waals surface area contributed by atoms with Gasteiger partial charge < -0.3 is 20.3 Å². The Hall–Kier alpha value is -1.92. The van der Waals surface area contributed by atoms with Crippen molar-refractivity contribution < 1.29 is 24.5 Å². The number of hydrogen-bond acceptors (Lipinski definition) is 5. The highest BCUT2D eigenvalue weighted by molar-refractivity contribution is 5.76. The molecular formula is C52H97NO5. The third kappa shape index (κ3) is 43.7. The molecule has 0 fully saturated rings. The summed E-state index contributed by atoms with van der Waals surface area (Å²) >= 11 is 0. The Morgan fingerprint density at radius 3 is 1.40 bits per heavy atom. The van der Waals surface area contributed by atoms with E-state index in [1.165, 1.54) is 148 Å². The number of hydrogen-bond donors (Lipinski definition) is 3. The van der Waals surface area contributed by atoms with E-state index in [1.807, 2.05) is 0 Å². The van der Waals surface area contributed by atoms with Gasteiger partial charge in [0.1, 0.15) is 0 Å². The topological polar surface area (TPSA) is 95.9 Å². The first kappa shape index (κ1) is 56.1. The molecule has 0 radical (unpaired) electrons. The maximum absolute atomic E-state index is 12.4. The average Bonchev–Trinajstić information content (AvgIpc) is 3.22.